The Hall–Kier alpha value is -2.04. The van der Waals surface area contributed by atoms with E-state index in [1.807, 2.05) is 19.1 Å². The number of hydrogen-bond donors (Lipinski definition) is 2. The van der Waals surface area contributed by atoms with Gasteiger partial charge in [0.15, 0.2) is 0 Å². The lowest BCUT2D eigenvalue weighted by Crippen LogP contribution is -2.31. The van der Waals surface area contributed by atoms with E-state index in [-0.39, 0.29) is 18.2 Å². The van der Waals surface area contributed by atoms with Gasteiger partial charge in [0.25, 0.3) is 5.91 Å². The Morgan fingerprint density at radius 3 is 2.65 bits per heavy atom. The monoisotopic (exact) mass is 233 g/mol. The van der Waals surface area contributed by atoms with Gasteiger partial charge in [0.05, 0.1) is 6.42 Å². The van der Waals surface area contributed by atoms with Crippen LogP contribution in [0.3, 0.4) is 0 Å². The average Bonchev–Trinajstić information content (AvgIpc) is 2.52. The number of amides is 2. The van der Waals surface area contributed by atoms with E-state index < -0.39 is 6.04 Å². The molecule has 0 bridgehead atoms. The minimum absolute atomic E-state index is 0.160. The number of rotatable bonds is 2. The van der Waals surface area contributed by atoms with Gasteiger partial charge in [-0.2, -0.15) is 0 Å². The van der Waals surface area contributed by atoms with Gasteiger partial charge in [-0.3, -0.25) is 14.5 Å². The van der Waals surface area contributed by atoms with Gasteiger partial charge in [-0.15, -0.1) is 0 Å². The Kier molecular flexibility index (Phi) is 2.75. The van der Waals surface area contributed by atoms with E-state index in [4.69, 9.17) is 5.73 Å². The van der Waals surface area contributed by atoms with Crippen molar-refractivity contribution in [1.29, 1.82) is 0 Å². The number of benzene rings is 1. The number of imide groups is 1. The summed E-state index contributed by atoms with van der Waals surface area (Å²) in [5, 5.41) is 3.03. The topological polar surface area (TPSA) is 75.4 Å². The molecule has 1 heterocycles. The van der Waals surface area contributed by atoms with E-state index in [1.165, 1.54) is 7.05 Å². The molecular formula is C12H15N3O2. The number of anilines is 2. The second kappa shape index (κ2) is 4.08. The van der Waals surface area contributed by atoms with Gasteiger partial charge in [-0.25, -0.2) is 0 Å². The van der Waals surface area contributed by atoms with E-state index in [9.17, 15) is 9.59 Å². The molecule has 0 aromatic heterocycles. The molecule has 17 heavy (non-hydrogen) atoms. The summed E-state index contributed by atoms with van der Waals surface area (Å²) in [5.74, 6) is -0.360. The van der Waals surface area contributed by atoms with Crippen LogP contribution in [0.5, 0.6) is 0 Å². The molecular weight excluding hydrogens is 218 g/mol. The summed E-state index contributed by atoms with van der Waals surface area (Å²) in [6.45, 7) is 1.91. The zero-order valence-electron chi connectivity index (χ0n) is 9.86. The van der Waals surface area contributed by atoms with Gasteiger partial charge in [-0.05, 0) is 24.6 Å². The van der Waals surface area contributed by atoms with Crippen LogP contribution >= 0.6 is 0 Å². The Balaban J connectivity index is 2.14. The van der Waals surface area contributed by atoms with Crippen LogP contribution in [0.2, 0.25) is 0 Å². The number of nitrogens with two attached hydrogens (primary N) is 1. The van der Waals surface area contributed by atoms with Crippen LogP contribution in [0.1, 0.15) is 12.0 Å². The summed E-state index contributed by atoms with van der Waals surface area (Å²) in [6.07, 6.45) is 0.198. The van der Waals surface area contributed by atoms with Crippen LogP contribution in [0.25, 0.3) is 0 Å². The average molecular weight is 233 g/mol. The number of nitrogens with zero attached hydrogens (tertiary/aromatic N) is 1. The van der Waals surface area contributed by atoms with E-state index in [0.717, 1.165) is 16.2 Å². The summed E-state index contributed by atoms with van der Waals surface area (Å²) < 4.78 is 0. The third-order valence-electron chi connectivity index (χ3n) is 3.00. The molecule has 0 aliphatic carbocycles. The van der Waals surface area contributed by atoms with Crippen LogP contribution in [0, 0.1) is 6.92 Å². The van der Waals surface area contributed by atoms with Gasteiger partial charge in [0, 0.05) is 18.4 Å². The fraction of sp³-hybridized carbons (Fsp3) is 0.333. The minimum atomic E-state index is -0.477. The molecule has 1 unspecified atom stereocenters. The zero-order valence-corrected chi connectivity index (χ0v) is 9.86. The molecule has 1 saturated heterocycles. The molecule has 0 radical (unpaired) electrons. The molecule has 1 atom stereocenters. The van der Waals surface area contributed by atoms with Gasteiger partial charge < -0.3 is 11.1 Å². The van der Waals surface area contributed by atoms with Crippen LogP contribution < -0.4 is 11.1 Å². The predicted molar refractivity (Wildman–Crippen MR) is 65.4 cm³/mol. The molecule has 1 fully saturated rings. The normalized spacial score (nSPS) is 19.9. The molecule has 5 nitrogen and oxygen atoms in total. The number of carbonyl (C=O) groups excluding carboxylic acids is 2. The molecule has 90 valence electrons. The van der Waals surface area contributed by atoms with E-state index in [0.29, 0.717) is 5.69 Å². The smallest absolute Gasteiger partial charge is 0.251 e. The molecule has 2 amide bonds. The Morgan fingerprint density at radius 2 is 2.12 bits per heavy atom. The van der Waals surface area contributed by atoms with Crippen molar-refractivity contribution in [1.82, 2.24) is 4.90 Å². The Labute approximate surface area is 99.6 Å². The van der Waals surface area contributed by atoms with Crippen molar-refractivity contribution in [3.05, 3.63) is 23.8 Å². The molecule has 1 aliphatic rings. The van der Waals surface area contributed by atoms with Crippen LogP contribution in [-0.4, -0.2) is 29.8 Å². The van der Waals surface area contributed by atoms with Gasteiger partial charge >= 0.3 is 0 Å². The van der Waals surface area contributed by atoms with Crippen LogP contribution in [0.15, 0.2) is 18.2 Å². The maximum absolute atomic E-state index is 11.7. The van der Waals surface area contributed by atoms with Crippen molar-refractivity contribution in [2.24, 2.45) is 0 Å². The van der Waals surface area contributed by atoms with E-state index in [1.54, 1.807) is 6.07 Å². The van der Waals surface area contributed by atoms with Crippen molar-refractivity contribution in [2.45, 2.75) is 19.4 Å². The first-order valence-electron chi connectivity index (χ1n) is 5.42. The molecule has 1 aromatic rings. The molecule has 0 spiro atoms. The first kappa shape index (κ1) is 11.4. The van der Waals surface area contributed by atoms with Crippen molar-refractivity contribution in [2.75, 3.05) is 18.1 Å². The minimum Gasteiger partial charge on any atom is -0.398 e. The highest BCUT2D eigenvalue weighted by atomic mass is 16.2. The quantitative estimate of drug-likeness (QED) is 0.583. The first-order chi connectivity index (χ1) is 7.99. The standard InChI is InChI=1S/C12H15N3O2/c1-7-3-4-8(5-9(7)13)14-10-6-11(16)15(2)12(10)17/h3-5,10,14H,6,13H2,1-2H3. The Bertz CT molecular complexity index is 485. The number of carbonyl (C=O) groups is 2. The van der Waals surface area contributed by atoms with E-state index in [2.05, 4.69) is 5.32 Å². The lowest BCUT2D eigenvalue weighted by molar-refractivity contribution is -0.136. The van der Waals surface area contributed by atoms with Gasteiger partial charge in [0.2, 0.25) is 5.91 Å². The highest BCUT2D eigenvalue weighted by Gasteiger charge is 2.35. The fourth-order valence-electron chi connectivity index (χ4n) is 1.80. The second-order valence-electron chi connectivity index (χ2n) is 4.26. The number of likely N-dealkylation sites (tertiary alicyclic amines) is 1. The van der Waals surface area contributed by atoms with Gasteiger partial charge in [0.1, 0.15) is 6.04 Å². The lowest BCUT2D eigenvalue weighted by Gasteiger charge is -2.13. The number of nitrogens with one attached hydrogen (secondary N) is 1. The van der Waals surface area contributed by atoms with Crippen LogP contribution in [0.4, 0.5) is 11.4 Å². The van der Waals surface area contributed by atoms with Crippen LogP contribution in [-0.2, 0) is 9.59 Å². The van der Waals surface area contributed by atoms with Crippen molar-refractivity contribution >= 4 is 23.2 Å². The summed E-state index contributed by atoms with van der Waals surface area (Å²) in [5.41, 5.74) is 8.19. The highest BCUT2D eigenvalue weighted by molar-refractivity contribution is 6.06. The molecule has 5 heteroatoms. The number of likely N-dealkylation sites (N-methyl/N-ethyl adjacent to an activating group) is 1. The maximum Gasteiger partial charge on any atom is 0.251 e. The predicted octanol–water partition coefficient (Wildman–Crippen LogP) is 0.746. The van der Waals surface area contributed by atoms with E-state index >= 15 is 0 Å². The lowest BCUT2D eigenvalue weighted by atomic mass is 10.1. The molecule has 3 N–H and O–H groups in total. The highest BCUT2D eigenvalue weighted by Crippen LogP contribution is 2.21. The number of aryl methyl sites for hydroxylation is 1. The second-order valence-corrected chi connectivity index (χ2v) is 4.26. The molecule has 2 rings (SSSR count). The molecule has 0 saturated carbocycles. The zero-order chi connectivity index (χ0) is 12.6. The van der Waals surface area contributed by atoms with Crippen molar-refractivity contribution < 1.29 is 9.59 Å². The third-order valence-corrected chi connectivity index (χ3v) is 3.00. The maximum atomic E-state index is 11.7. The fourth-order valence-corrected chi connectivity index (χ4v) is 1.80. The largest absolute Gasteiger partial charge is 0.398 e. The molecule has 1 aromatic carbocycles. The van der Waals surface area contributed by atoms with Crippen molar-refractivity contribution in [3.63, 3.8) is 0 Å². The first-order valence-corrected chi connectivity index (χ1v) is 5.42. The Morgan fingerprint density at radius 1 is 1.41 bits per heavy atom. The molecule has 1 aliphatic heterocycles. The number of nitrogen functional groups attached to an aromatic ring is 1. The summed E-state index contributed by atoms with van der Waals surface area (Å²) in [4.78, 5) is 24.2. The third kappa shape index (κ3) is 2.08. The SMILES string of the molecule is Cc1ccc(NC2CC(=O)N(C)C2=O)cc1N. The summed E-state index contributed by atoms with van der Waals surface area (Å²) >= 11 is 0. The number of hydrogen-bond acceptors (Lipinski definition) is 4. The summed E-state index contributed by atoms with van der Waals surface area (Å²) in [6, 6.07) is 5.02. The van der Waals surface area contributed by atoms with Gasteiger partial charge in [-0.1, -0.05) is 6.07 Å². The summed E-state index contributed by atoms with van der Waals surface area (Å²) in [7, 11) is 1.50. The van der Waals surface area contributed by atoms with Crippen molar-refractivity contribution in [3.8, 4) is 0 Å².